The zero-order valence-electron chi connectivity index (χ0n) is 7.00. The summed E-state index contributed by atoms with van der Waals surface area (Å²) in [6.45, 7) is 3.53. The van der Waals surface area contributed by atoms with Crippen LogP contribution >= 0.6 is 0 Å². The molecule has 1 N–H and O–H groups in total. The third-order valence-corrected chi connectivity index (χ3v) is 2.12. The van der Waals surface area contributed by atoms with Crippen molar-refractivity contribution in [2.24, 2.45) is 0 Å². The molecule has 1 aliphatic heterocycles. The van der Waals surface area contributed by atoms with E-state index in [2.05, 4.69) is 10.3 Å². The average Bonchev–Trinajstić information content (AvgIpc) is 2.53. The highest BCUT2D eigenvalue weighted by molar-refractivity contribution is 5.30. The number of rotatable bonds is 1. The third-order valence-electron chi connectivity index (χ3n) is 2.12. The lowest BCUT2D eigenvalue weighted by Crippen LogP contribution is -2.22. The van der Waals surface area contributed by atoms with Gasteiger partial charge in [0.25, 0.3) is 5.56 Å². The summed E-state index contributed by atoms with van der Waals surface area (Å²) in [4.78, 5) is 15.7. The Bertz CT molecular complexity index is 356. The smallest absolute Gasteiger partial charge is 0.258 e. The van der Waals surface area contributed by atoms with E-state index in [1.807, 2.05) is 6.92 Å². The predicted molar refractivity (Wildman–Crippen MR) is 46.4 cm³/mol. The van der Waals surface area contributed by atoms with E-state index in [4.69, 9.17) is 0 Å². The second-order valence-electron chi connectivity index (χ2n) is 2.84. The zero-order chi connectivity index (χ0) is 8.55. The van der Waals surface area contributed by atoms with Crippen LogP contribution in [0.2, 0.25) is 0 Å². The molecule has 0 aliphatic carbocycles. The fourth-order valence-electron chi connectivity index (χ4n) is 1.40. The number of anilines is 1. The molecule has 2 rings (SSSR count). The highest BCUT2D eigenvalue weighted by Crippen LogP contribution is 2.06. The Morgan fingerprint density at radius 2 is 2.58 bits per heavy atom. The topological polar surface area (TPSA) is 46.9 Å². The number of hydrogen-bond acceptors (Lipinski definition) is 3. The Morgan fingerprint density at radius 1 is 1.75 bits per heavy atom. The fourth-order valence-corrected chi connectivity index (χ4v) is 1.40. The molecule has 0 atom stereocenters. The normalized spacial score (nSPS) is 14.1. The summed E-state index contributed by atoms with van der Waals surface area (Å²) in [5.41, 5.74) is 0.898. The van der Waals surface area contributed by atoms with E-state index in [1.165, 1.54) is 0 Å². The maximum Gasteiger partial charge on any atom is 0.258 e. The van der Waals surface area contributed by atoms with Gasteiger partial charge in [0.2, 0.25) is 5.95 Å². The number of aryl methyl sites for hydroxylation is 1. The molecule has 1 aromatic rings. The zero-order valence-corrected chi connectivity index (χ0v) is 7.00. The Kier molecular flexibility index (Phi) is 1.60. The molecule has 0 amide bonds. The Balaban J connectivity index is 2.62. The summed E-state index contributed by atoms with van der Waals surface area (Å²) in [5.74, 6) is 0.706. The lowest BCUT2D eigenvalue weighted by molar-refractivity contribution is 0.747. The van der Waals surface area contributed by atoms with Crippen LogP contribution in [0.15, 0.2) is 11.0 Å². The summed E-state index contributed by atoms with van der Waals surface area (Å²) in [6, 6.07) is 0. The van der Waals surface area contributed by atoms with Gasteiger partial charge in [-0.15, -0.1) is 0 Å². The summed E-state index contributed by atoms with van der Waals surface area (Å²) in [7, 11) is 0. The summed E-state index contributed by atoms with van der Waals surface area (Å²) in [6.07, 6.45) is 2.42. The van der Waals surface area contributed by atoms with Crippen molar-refractivity contribution >= 4 is 5.95 Å². The molecule has 64 valence electrons. The first-order chi connectivity index (χ1) is 5.83. The van der Waals surface area contributed by atoms with Crippen LogP contribution in [0.25, 0.3) is 0 Å². The maximum atomic E-state index is 11.6. The molecule has 2 heterocycles. The summed E-state index contributed by atoms with van der Waals surface area (Å²) >= 11 is 0. The van der Waals surface area contributed by atoms with Crippen LogP contribution in [0.3, 0.4) is 0 Å². The molecule has 4 heteroatoms. The maximum absolute atomic E-state index is 11.6. The molecule has 1 aromatic heterocycles. The van der Waals surface area contributed by atoms with E-state index < -0.39 is 0 Å². The molecule has 0 fully saturated rings. The van der Waals surface area contributed by atoms with Gasteiger partial charge in [0, 0.05) is 24.8 Å². The fraction of sp³-hybridized carbons (Fsp3) is 0.500. The molecular formula is C8H11N3O. The lowest BCUT2D eigenvalue weighted by atomic mass is 10.3. The highest BCUT2D eigenvalue weighted by atomic mass is 16.1. The van der Waals surface area contributed by atoms with Crippen molar-refractivity contribution in [1.82, 2.24) is 9.55 Å². The van der Waals surface area contributed by atoms with Crippen LogP contribution in [0.5, 0.6) is 0 Å². The van der Waals surface area contributed by atoms with Crippen molar-refractivity contribution in [3.8, 4) is 0 Å². The van der Waals surface area contributed by atoms with Gasteiger partial charge in [-0.1, -0.05) is 6.92 Å². The number of nitrogens with zero attached hydrogens (tertiary/aromatic N) is 2. The Hall–Kier alpha value is -1.32. The van der Waals surface area contributed by atoms with Gasteiger partial charge < -0.3 is 5.32 Å². The number of nitrogens with one attached hydrogen (secondary N) is 1. The molecule has 0 saturated heterocycles. The quantitative estimate of drug-likeness (QED) is 0.648. The first kappa shape index (κ1) is 7.34. The van der Waals surface area contributed by atoms with Crippen molar-refractivity contribution in [3.63, 3.8) is 0 Å². The molecule has 12 heavy (non-hydrogen) atoms. The lowest BCUT2D eigenvalue weighted by Gasteiger charge is -2.01. The van der Waals surface area contributed by atoms with Crippen molar-refractivity contribution in [2.75, 3.05) is 11.9 Å². The number of aromatic nitrogens is 2. The van der Waals surface area contributed by atoms with Gasteiger partial charge in [0.15, 0.2) is 0 Å². The van der Waals surface area contributed by atoms with Gasteiger partial charge in [0.1, 0.15) is 0 Å². The van der Waals surface area contributed by atoms with Crippen LogP contribution in [0, 0.1) is 0 Å². The first-order valence-corrected chi connectivity index (χ1v) is 4.15. The van der Waals surface area contributed by atoms with Crippen LogP contribution in [-0.2, 0) is 13.0 Å². The second-order valence-corrected chi connectivity index (χ2v) is 2.84. The molecule has 4 nitrogen and oxygen atoms in total. The van der Waals surface area contributed by atoms with Crippen LogP contribution in [-0.4, -0.2) is 16.1 Å². The molecule has 0 radical (unpaired) electrons. The van der Waals surface area contributed by atoms with Gasteiger partial charge >= 0.3 is 0 Å². The van der Waals surface area contributed by atoms with Crippen LogP contribution in [0.1, 0.15) is 12.5 Å². The average molecular weight is 165 g/mol. The minimum Gasteiger partial charge on any atom is -0.354 e. The van der Waals surface area contributed by atoms with E-state index in [1.54, 1.807) is 10.8 Å². The summed E-state index contributed by atoms with van der Waals surface area (Å²) < 4.78 is 1.69. The summed E-state index contributed by atoms with van der Waals surface area (Å²) in [5, 5.41) is 3.04. The third kappa shape index (κ3) is 0.913. The van der Waals surface area contributed by atoms with Crippen LogP contribution < -0.4 is 10.9 Å². The molecular weight excluding hydrogens is 154 g/mol. The van der Waals surface area contributed by atoms with E-state index >= 15 is 0 Å². The van der Waals surface area contributed by atoms with Gasteiger partial charge in [-0.2, -0.15) is 0 Å². The van der Waals surface area contributed by atoms with Gasteiger partial charge in [0.05, 0.1) is 0 Å². The van der Waals surface area contributed by atoms with Gasteiger partial charge in [-0.25, -0.2) is 4.98 Å². The highest BCUT2D eigenvalue weighted by Gasteiger charge is 2.13. The first-order valence-electron chi connectivity index (χ1n) is 4.15. The second kappa shape index (κ2) is 2.62. The van der Waals surface area contributed by atoms with Crippen molar-refractivity contribution in [3.05, 3.63) is 22.1 Å². The number of hydrogen-bond donors (Lipinski definition) is 1. The molecule has 0 bridgehead atoms. The molecule has 1 aliphatic rings. The minimum absolute atomic E-state index is 0.104. The molecule has 0 saturated carbocycles. The van der Waals surface area contributed by atoms with E-state index in [0.717, 1.165) is 25.1 Å². The number of fused-ring (bicyclic) bond motifs is 1. The van der Waals surface area contributed by atoms with Crippen molar-refractivity contribution < 1.29 is 0 Å². The largest absolute Gasteiger partial charge is 0.354 e. The van der Waals surface area contributed by atoms with Gasteiger partial charge in [-0.05, 0) is 6.42 Å². The predicted octanol–water partition coefficient (Wildman–Crippen LogP) is 0.231. The Morgan fingerprint density at radius 3 is 3.33 bits per heavy atom. The SMILES string of the molecule is CCc1cnc2n(c1=O)CCN2. The van der Waals surface area contributed by atoms with Crippen LogP contribution in [0.4, 0.5) is 5.95 Å². The van der Waals surface area contributed by atoms with Crippen molar-refractivity contribution in [2.45, 2.75) is 19.9 Å². The molecule has 0 spiro atoms. The van der Waals surface area contributed by atoms with Crippen molar-refractivity contribution in [1.29, 1.82) is 0 Å². The minimum atomic E-state index is 0.104. The van der Waals surface area contributed by atoms with E-state index in [-0.39, 0.29) is 5.56 Å². The molecule has 0 aromatic carbocycles. The Labute approximate surface area is 70.2 Å². The molecule has 0 unspecified atom stereocenters. The monoisotopic (exact) mass is 165 g/mol. The van der Waals surface area contributed by atoms with Gasteiger partial charge in [-0.3, -0.25) is 9.36 Å². The van der Waals surface area contributed by atoms with E-state index in [9.17, 15) is 4.79 Å². The standard InChI is InChI=1S/C8H11N3O/c1-2-6-5-10-8-9-3-4-11(8)7(6)12/h5H,2-4H2,1H3,(H,9,10). The van der Waals surface area contributed by atoms with E-state index in [0.29, 0.717) is 5.95 Å².